The summed E-state index contributed by atoms with van der Waals surface area (Å²) in [5, 5.41) is 9.33. The van der Waals surface area contributed by atoms with Crippen LogP contribution in [0.3, 0.4) is 0 Å². The van der Waals surface area contributed by atoms with Gasteiger partial charge in [-0.3, -0.25) is 4.90 Å². The summed E-state index contributed by atoms with van der Waals surface area (Å²) in [6, 6.07) is 13.0. The van der Waals surface area contributed by atoms with Crippen LogP contribution >= 0.6 is 11.6 Å². The lowest BCUT2D eigenvalue weighted by molar-refractivity contribution is 0.181. The molecular formula is C19H19ClFN3O2S. The Morgan fingerprint density at radius 2 is 1.85 bits per heavy atom. The summed E-state index contributed by atoms with van der Waals surface area (Å²) >= 11 is 6.07. The molecule has 0 N–H and O–H groups in total. The molecule has 0 aliphatic carbocycles. The molecule has 1 aliphatic heterocycles. The molecule has 0 atom stereocenters. The van der Waals surface area contributed by atoms with E-state index in [-0.39, 0.29) is 11.6 Å². The van der Waals surface area contributed by atoms with Crippen LogP contribution in [0.2, 0.25) is 5.02 Å². The molecule has 1 aliphatic rings. The molecule has 2 aromatic rings. The molecule has 3 rings (SSSR count). The number of hydrogen-bond donors (Lipinski definition) is 0. The summed E-state index contributed by atoms with van der Waals surface area (Å²) < 4.78 is 40.0. The van der Waals surface area contributed by atoms with Gasteiger partial charge >= 0.3 is 0 Å². The molecule has 0 aromatic heterocycles. The van der Waals surface area contributed by atoms with E-state index in [2.05, 4.69) is 4.90 Å². The maximum atomic E-state index is 13.1. The van der Waals surface area contributed by atoms with Crippen molar-refractivity contribution < 1.29 is 12.8 Å². The third-order valence-corrected chi connectivity index (χ3v) is 6.74. The molecule has 0 saturated carbocycles. The second kappa shape index (κ2) is 8.36. The average Bonchev–Trinajstić information content (AvgIpc) is 2.64. The highest BCUT2D eigenvalue weighted by molar-refractivity contribution is 7.88. The van der Waals surface area contributed by atoms with Gasteiger partial charge in [-0.25, -0.2) is 12.8 Å². The fourth-order valence-corrected chi connectivity index (χ4v) is 4.82. The van der Waals surface area contributed by atoms with E-state index in [1.54, 1.807) is 30.3 Å². The predicted octanol–water partition coefficient (Wildman–Crippen LogP) is 3.00. The zero-order valence-corrected chi connectivity index (χ0v) is 16.2. The molecule has 0 bridgehead atoms. The molecule has 1 saturated heterocycles. The lowest BCUT2D eigenvalue weighted by atomic mass is 10.2. The lowest BCUT2D eigenvalue weighted by Crippen LogP contribution is -2.48. The van der Waals surface area contributed by atoms with Gasteiger partial charge in [-0.05, 0) is 35.4 Å². The van der Waals surface area contributed by atoms with E-state index >= 15 is 0 Å². The number of hydrogen-bond acceptors (Lipinski definition) is 4. The van der Waals surface area contributed by atoms with E-state index in [9.17, 15) is 12.8 Å². The summed E-state index contributed by atoms with van der Waals surface area (Å²) in [5.41, 5.74) is 1.88. The Kier molecular flexibility index (Phi) is 6.12. The highest BCUT2D eigenvalue weighted by Crippen LogP contribution is 2.21. The molecule has 1 heterocycles. The van der Waals surface area contributed by atoms with Crippen LogP contribution in [-0.2, 0) is 22.3 Å². The first kappa shape index (κ1) is 19.8. The van der Waals surface area contributed by atoms with E-state index in [0.29, 0.717) is 48.9 Å². The van der Waals surface area contributed by atoms with Gasteiger partial charge in [0.2, 0.25) is 10.0 Å². The fraction of sp³-hybridized carbons (Fsp3) is 0.316. The molecule has 0 unspecified atom stereocenters. The monoisotopic (exact) mass is 407 g/mol. The Morgan fingerprint density at radius 3 is 2.52 bits per heavy atom. The van der Waals surface area contributed by atoms with Gasteiger partial charge in [-0.2, -0.15) is 9.57 Å². The maximum Gasteiger partial charge on any atom is 0.218 e. The minimum Gasteiger partial charge on any atom is -0.296 e. The van der Waals surface area contributed by atoms with Crippen molar-refractivity contribution in [3.63, 3.8) is 0 Å². The van der Waals surface area contributed by atoms with Crippen molar-refractivity contribution in [2.24, 2.45) is 0 Å². The van der Waals surface area contributed by atoms with Gasteiger partial charge < -0.3 is 0 Å². The van der Waals surface area contributed by atoms with E-state index < -0.39 is 10.0 Å². The largest absolute Gasteiger partial charge is 0.296 e. The molecule has 142 valence electrons. The molecule has 0 radical (unpaired) electrons. The van der Waals surface area contributed by atoms with Crippen LogP contribution in [0.15, 0.2) is 42.5 Å². The normalized spacial score (nSPS) is 16.2. The zero-order valence-electron chi connectivity index (χ0n) is 14.6. The number of rotatable bonds is 5. The summed E-state index contributed by atoms with van der Waals surface area (Å²) in [5.74, 6) is -0.494. The Labute approximate surface area is 163 Å². The molecular weight excluding hydrogens is 389 g/mol. The molecule has 2 aromatic carbocycles. The first-order valence-electron chi connectivity index (χ1n) is 8.50. The smallest absolute Gasteiger partial charge is 0.218 e. The second-order valence-corrected chi connectivity index (χ2v) is 8.86. The number of nitrogens with zero attached hydrogens (tertiary/aromatic N) is 3. The van der Waals surface area contributed by atoms with Crippen molar-refractivity contribution in [2.45, 2.75) is 12.3 Å². The highest BCUT2D eigenvalue weighted by Gasteiger charge is 2.27. The molecule has 5 nitrogen and oxygen atoms in total. The van der Waals surface area contributed by atoms with Crippen molar-refractivity contribution in [3.8, 4) is 6.07 Å². The number of halogens is 2. The Balaban J connectivity index is 1.60. The van der Waals surface area contributed by atoms with Crippen LogP contribution in [0.1, 0.15) is 16.7 Å². The first-order chi connectivity index (χ1) is 12.9. The molecule has 0 spiro atoms. The summed E-state index contributed by atoms with van der Waals surface area (Å²) in [6.07, 6.45) is 0. The van der Waals surface area contributed by atoms with E-state index in [0.717, 1.165) is 5.56 Å². The standard InChI is InChI=1S/C19H19ClFN3O2S/c20-19-11-18(21)5-4-17(19)13-23-6-8-24(9-7-23)27(25,26)14-16-3-1-2-15(10-16)12-22/h1-5,10-11H,6-9,13-14H2. The third kappa shape index (κ3) is 5.05. The van der Waals surface area contributed by atoms with Crippen molar-refractivity contribution >= 4 is 21.6 Å². The zero-order chi connectivity index (χ0) is 19.4. The van der Waals surface area contributed by atoms with Gasteiger partial charge in [0.05, 0.1) is 17.4 Å². The van der Waals surface area contributed by atoms with Crippen molar-refractivity contribution in [3.05, 3.63) is 70.0 Å². The Morgan fingerprint density at radius 1 is 1.11 bits per heavy atom. The van der Waals surface area contributed by atoms with Crippen molar-refractivity contribution in [2.75, 3.05) is 26.2 Å². The maximum absolute atomic E-state index is 13.1. The van der Waals surface area contributed by atoms with Gasteiger partial charge in [0.25, 0.3) is 0 Å². The number of benzene rings is 2. The minimum absolute atomic E-state index is 0.119. The molecule has 1 fully saturated rings. The minimum atomic E-state index is -3.45. The average molecular weight is 408 g/mol. The van der Waals surface area contributed by atoms with E-state index in [1.165, 1.54) is 16.4 Å². The summed E-state index contributed by atoms with van der Waals surface area (Å²) in [4.78, 5) is 2.10. The van der Waals surface area contributed by atoms with Gasteiger partial charge in [-0.1, -0.05) is 29.8 Å². The summed E-state index contributed by atoms with van der Waals surface area (Å²) in [7, 11) is -3.45. The second-order valence-electron chi connectivity index (χ2n) is 6.48. The first-order valence-corrected chi connectivity index (χ1v) is 10.5. The fourth-order valence-electron chi connectivity index (χ4n) is 3.09. The SMILES string of the molecule is N#Cc1cccc(CS(=O)(=O)N2CCN(Cc3ccc(F)cc3Cl)CC2)c1. The van der Waals surface area contributed by atoms with E-state index in [1.807, 2.05) is 6.07 Å². The van der Waals surface area contributed by atoms with Crippen LogP contribution in [0.5, 0.6) is 0 Å². The van der Waals surface area contributed by atoms with Crippen molar-refractivity contribution in [1.29, 1.82) is 5.26 Å². The van der Waals surface area contributed by atoms with Crippen LogP contribution < -0.4 is 0 Å². The number of nitriles is 1. The Hall–Kier alpha value is -1.98. The van der Waals surface area contributed by atoms with Crippen LogP contribution in [-0.4, -0.2) is 43.8 Å². The van der Waals surface area contributed by atoms with Crippen LogP contribution in [0.25, 0.3) is 0 Å². The van der Waals surface area contributed by atoms with Gasteiger partial charge in [0.1, 0.15) is 5.82 Å². The van der Waals surface area contributed by atoms with Crippen molar-refractivity contribution in [1.82, 2.24) is 9.21 Å². The molecule has 0 amide bonds. The quantitative estimate of drug-likeness (QED) is 0.764. The van der Waals surface area contributed by atoms with Crippen LogP contribution in [0.4, 0.5) is 4.39 Å². The molecule has 27 heavy (non-hydrogen) atoms. The number of sulfonamides is 1. The highest BCUT2D eigenvalue weighted by atomic mass is 35.5. The van der Waals surface area contributed by atoms with Crippen LogP contribution in [0, 0.1) is 17.1 Å². The third-order valence-electron chi connectivity index (χ3n) is 4.54. The van der Waals surface area contributed by atoms with Gasteiger partial charge in [0.15, 0.2) is 0 Å². The van der Waals surface area contributed by atoms with Gasteiger partial charge in [-0.15, -0.1) is 0 Å². The topological polar surface area (TPSA) is 64.4 Å². The Bertz CT molecular complexity index is 967. The summed E-state index contributed by atoms with van der Waals surface area (Å²) in [6.45, 7) is 2.48. The lowest BCUT2D eigenvalue weighted by Gasteiger charge is -2.34. The van der Waals surface area contributed by atoms with Gasteiger partial charge in [0, 0.05) is 37.7 Å². The molecule has 8 heteroatoms. The number of piperazine rings is 1. The predicted molar refractivity (Wildman–Crippen MR) is 102 cm³/mol. The van der Waals surface area contributed by atoms with E-state index in [4.69, 9.17) is 16.9 Å².